The average molecular weight is 396 g/mol. The fraction of sp³-hybridized carbons (Fsp3) is 0.250. The van der Waals surface area contributed by atoms with E-state index in [9.17, 15) is 9.90 Å². The van der Waals surface area contributed by atoms with E-state index in [1.54, 1.807) is 35.2 Å². The number of fused-ring (bicyclic) bond motifs is 4. The molecule has 0 bridgehead atoms. The average Bonchev–Trinajstić information content (AvgIpc) is 3.19. The van der Waals surface area contributed by atoms with Gasteiger partial charge in [0.05, 0.1) is 0 Å². The zero-order valence-electron chi connectivity index (χ0n) is 14.6. The van der Waals surface area contributed by atoms with Gasteiger partial charge in [-0.05, 0) is 49.4 Å². The molecule has 7 heteroatoms. The molecule has 1 N–H and O–H groups in total. The van der Waals surface area contributed by atoms with Crippen LogP contribution in [-0.2, 0) is 18.6 Å². The molecule has 136 valence electrons. The van der Waals surface area contributed by atoms with E-state index in [0.29, 0.717) is 11.3 Å². The van der Waals surface area contributed by atoms with Crippen molar-refractivity contribution in [2.45, 2.75) is 37.0 Å². The van der Waals surface area contributed by atoms with Gasteiger partial charge in [0.15, 0.2) is 0 Å². The molecule has 27 heavy (non-hydrogen) atoms. The van der Waals surface area contributed by atoms with Crippen molar-refractivity contribution in [3.63, 3.8) is 0 Å². The summed E-state index contributed by atoms with van der Waals surface area (Å²) in [7, 11) is 0. The Kier molecular flexibility index (Phi) is 3.94. The highest BCUT2D eigenvalue weighted by molar-refractivity contribution is 7.98. The molecule has 0 aliphatic heterocycles. The second-order valence-electron chi connectivity index (χ2n) is 6.67. The highest BCUT2D eigenvalue weighted by Gasteiger charge is 2.22. The Morgan fingerprint density at radius 1 is 1.26 bits per heavy atom. The summed E-state index contributed by atoms with van der Waals surface area (Å²) < 4.78 is 5.22. The van der Waals surface area contributed by atoms with E-state index in [0.717, 1.165) is 39.5 Å². The summed E-state index contributed by atoms with van der Waals surface area (Å²) in [4.78, 5) is 23.8. The standard InChI is InChI=1S/C20H16N2O3S2/c1-10-21-19(18-14-3-2-4-16(14)27-20(18)22-10)26-9-11-7-17(24)25-15-8-12(23)5-6-13(11)15/h5-8,23H,2-4,9H2,1H3. The number of phenolic OH excluding ortho intramolecular Hbond substituents is 1. The number of aromatic nitrogens is 2. The number of aryl methyl sites for hydroxylation is 3. The third-order valence-electron chi connectivity index (χ3n) is 4.82. The Labute approximate surface area is 163 Å². The number of phenols is 1. The molecule has 0 saturated heterocycles. The lowest BCUT2D eigenvalue weighted by Gasteiger charge is -2.08. The minimum atomic E-state index is -0.413. The molecule has 3 heterocycles. The molecule has 4 aromatic rings. The van der Waals surface area contributed by atoms with Crippen molar-refractivity contribution < 1.29 is 9.52 Å². The molecule has 0 atom stereocenters. The number of hydrogen-bond acceptors (Lipinski definition) is 7. The van der Waals surface area contributed by atoms with Crippen molar-refractivity contribution in [1.29, 1.82) is 0 Å². The molecule has 5 rings (SSSR count). The van der Waals surface area contributed by atoms with Crippen molar-refractivity contribution in [2.24, 2.45) is 0 Å². The summed E-state index contributed by atoms with van der Waals surface area (Å²) in [5, 5.41) is 12.7. The fourth-order valence-corrected chi connectivity index (χ4v) is 6.12. The Morgan fingerprint density at radius 3 is 3.04 bits per heavy atom. The Bertz CT molecular complexity index is 1260. The van der Waals surface area contributed by atoms with Gasteiger partial charge in [0.1, 0.15) is 27.0 Å². The zero-order valence-corrected chi connectivity index (χ0v) is 16.2. The van der Waals surface area contributed by atoms with E-state index >= 15 is 0 Å². The zero-order chi connectivity index (χ0) is 18.5. The number of thiophene rings is 1. The van der Waals surface area contributed by atoms with Gasteiger partial charge in [-0.2, -0.15) is 0 Å². The highest BCUT2D eigenvalue weighted by atomic mass is 32.2. The van der Waals surface area contributed by atoms with Crippen LogP contribution in [0.1, 0.15) is 28.2 Å². The van der Waals surface area contributed by atoms with E-state index in [1.807, 2.05) is 6.92 Å². The molecule has 0 fully saturated rings. The maximum atomic E-state index is 11.9. The molecule has 1 aliphatic carbocycles. The van der Waals surface area contributed by atoms with E-state index in [4.69, 9.17) is 9.40 Å². The number of rotatable bonds is 3. The Hall–Kier alpha value is -2.38. The molecule has 0 amide bonds. The van der Waals surface area contributed by atoms with Gasteiger partial charge in [0, 0.05) is 33.5 Å². The van der Waals surface area contributed by atoms with Gasteiger partial charge in [-0.25, -0.2) is 14.8 Å². The van der Waals surface area contributed by atoms with Crippen molar-refractivity contribution in [2.75, 3.05) is 0 Å². The van der Waals surface area contributed by atoms with E-state index < -0.39 is 5.63 Å². The number of thioether (sulfide) groups is 1. The van der Waals surface area contributed by atoms with Crippen LogP contribution in [0, 0.1) is 6.92 Å². The minimum absolute atomic E-state index is 0.0809. The lowest BCUT2D eigenvalue weighted by Crippen LogP contribution is -2.00. The molecule has 1 aliphatic rings. The summed E-state index contributed by atoms with van der Waals surface area (Å²) in [5.74, 6) is 1.45. The lowest BCUT2D eigenvalue weighted by atomic mass is 10.1. The largest absolute Gasteiger partial charge is 0.508 e. The minimum Gasteiger partial charge on any atom is -0.508 e. The second kappa shape index (κ2) is 6.35. The van der Waals surface area contributed by atoms with Crippen molar-refractivity contribution >= 4 is 44.3 Å². The van der Waals surface area contributed by atoms with Crippen molar-refractivity contribution in [3.8, 4) is 5.75 Å². The smallest absolute Gasteiger partial charge is 0.336 e. The summed E-state index contributed by atoms with van der Waals surface area (Å²) in [6, 6.07) is 6.39. The fourth-order valence-electron chi connectivity index (χ4n) is 3.65. The first-order valence-electron chi connectivity index (χ1n) is 8.76. The normalized spacial score (nSPS) is 13.5. The summed E-state index contributed by atoms with van der Waals surface area (Å²) >= 11 is 3.41. The molecule has 1 aromatic carbocycles. The molecular weight excluding hydrogens is 380 g/mol. The van der Waals surface area contributed by atoms with Gasteiger partial charge in [0.25, 0.3) is 0 Å². The van der Waals surface area contributed by atoms with Crippen LogP contribution in [0.5, 0.6) is 5.75 Å². The topological polar surface area (TPSA) is 76.2 Å². The second-order valence-corrected chi connectivity index (χ2v) is 8.72. The Morgan fingerprint density at radius 2 is 2.15 bits per heavy atom. The van der Waals surface area contributed by atoms with Gasteiger partial charge in [0.2, 0.25) is 0 Å². The van der Waals surface area contributed by atoms with Gasteiger partial charge in [-0.15, -0.1) is 23.1 Å². The van der Waals surface area contributed by atoms with Crippen LogP contribution < -0.4 is 5.63 Å². The van der Waals surface area contributed by atoms with Gasteiger partial charge in [-0.1, -0.05) is 0 Å². The third-order valence-corrected chi connectivity index (χ3v) is 7.03. The van der Waals surface area contributed by atoms with Crippen LogP contribution in [0.4, 0.5) is 0 Å². The molecule has 0 spiro atoms. The van der Waals surface area contributed by atoms with E-state index in [2.05, 4.69) is 4.98 Å². The van der Waals surface area contributed by atoms with Crippen molar-refractivity contribution in [1.82, 2.24) is 9.97 Å². The predicted octanol–water partition coefficient (Wildman–Crippen LogP) is 4.59. The first kappa shape index (κ1) is 16.8. The monoisotopic (exact) mass is 396 g/mol. The van der Waals surface area contributed by atoms with Crippen LogP contribution in [-0.4, -0.2) is 15.1 Å². The molecule has 3 aromatic heterocycles. The highest BCUT2D eigenvalue weighted by Crippen LogP contribution is 2.41. The van der Waals surface area contributed by atoms with Crippen LogP contribution in [0.15, 0.2) is 38.5 Å². The molecule has 0 radical (unpaired) electrons. The number of nitrogens with zero attached hydrogens (tertiary/aromatic N) is 2. The van der Waals surface area contributed by atoms with Crippen LogP contribution >= 0.6 is 23.1 Å². The Balaban J connectivity index is 1.58. The summed E-state index contributed by atoms with van der Waals surface area (Å²) in [6.45, 7) is 1.92. The number of aromatic hydroxyl groups is 1. The summed E-state index contributed by atoms with van der Waals surface area (Å²) in [6.07, 6.45) is 3.42. The number of hydrogen-bond donors (Lipinski definition) is 1. The quantitative estimate of drug-likeness (QED) is 0.310. The predicted molar refractivity (Wildman–Crippen MR) is 108 cm³/mol. The van der Waals surface area contributed by atoms with Gasteiger partial charge < -0.3 is 9.52 Å². The lowest BCUT2D eigenvalue weighted by molar-refractivity contribution is 0.473. The molecule has 0 saturated carbocycles. The van der Waals surface area contributed by atoms with Crippen LogP contribution in [0.2, 0.25) is 0 Å². The maximum Gasteiger partial charge on any atom is 0.336 e. The first-order chi connectivity index (χ1) is 13.1. The number of benzene rings is 1. The third kappa shape index (κ3) is 2.91. The van der Waals surface area contributed by atoms with Gasteiger partial charge >= 0.3 is 5.63 Å². The SMILES string of the molecule is Cc1nc(SCc2cc(=O)oc3cc(O)ccc23)c2c3c(sc2n1)CCC3. The van der Waals surface area contributed by atoms with Gasteiger partial charge in [-0.3, -0.25) is 0 Å². The maximum absolute atomic E-state index is 11.9. The van der Waals surface area contributed by atoms with E-state index in [-0.39, 0.29) is 5.75 Å². The molecule has 5 nitrogen and oxygen atoms in total. The van der Waals surface area contributed by atoms with Crippen molar-refractivity contribution in [3.05, 3.63) is 56.5 Å². The van der Waals surface area contributed by atoms with E-state index in [1.165, 1.54) is 34.4 Å². The molecular formula is C20H16N2O3S2. The van der Waals surface area contributed by atoms with Crippen LogP contribution in [0.25, 0.3) is 21.2 Å². The molecule has 0 unspecified atom stereocenters. The summed E-state index contributed by atoms with van der Waals surface area (Å²) in [5.41, 5.74) is 2.27. The van der Waals surface area contributed by atoms with Crippen LogP contribution in [0.3, 0.4) is 0 Å². The first-order valence-corrected chi connectivity index (χ1v) is 10.6.